The van der Waals surface area contributed by atoms with Crippen LogP contribution in [0.4, 0.5) is 5.69 Å². The number of hydrogen-bond donors (Lipinski definition) is 2. The quantitative estimate of drug-likeness (QED) is 0.605. The maximum absolute atomic E-state index is 10.9. The molecule has 0 unspecified atom stereocenters. The molecule has 0 aliphatic rings. The smallest absolute Gasteiger partial charge is 0.294 e. The Morgan fingerprint density at radius 2 is 1.76 bits per heavy atom. The molecule has 0 atom stereocenters. The van der Waals surface area contributed by atoms with Crippen molar-refractivity contribution >= 4 is 26.6 Å². The average Bonchev–Trinajstić information content (AvgIpc) is 2.30. The summed E-state index contributed by atoms with van der Waals surface area (Å²) in [5.41, 5.74) is 6.18. The van der Waals surface area contributed by atoms with Crippen LogP contribution in [0.25, 0.3) is 10.8 Å². The summed E-state index contributed by atoms with van der Waals surface area (Å²) >= 11 is 0. The Labute approximate surface area is 101 Å². The van der Waals surface area contributed by atoms with Gasteiger partial charge in [-0.1, -0.05) is 32.0 Å². The molecule has 17 heavy (non-hydrogen) atoms. The van der Waals surface area contributed by atoms with E-state index in [0.717, 1.165) is 5.39 Å². The van der Waals surface area contributed by atoms with Gasteiger partial charge >= 0.3 is 0 Å². The van der Waals surface area contributed by atoms with Gasteiger partial charge in [-0.15, -0.1) is 0 Å². The van der Waals surface area contributed by atoms with Crippen molar-refractivity contribution in [1.82, 2.24) is 0 Å². The van der Waals surface area contributed by atoms with E-state index in [1.807, 2.05) is 19.9 Å². The van der Waals surface area contributed by atoms with E-state index in [1.165, 1.54) is 12.1 Å². The van der Waals surface area contributed by atoms with Gasteiger partial charge in [0, 0.05) is 11.1 Å². The van der Waals surface area contributed by atoms with Crippen molar-refractivity contribution in [1.29, 1.82) is 0 Å². The fourth-order valence-corrected chi connectivity index (χ4v) is 1.94. The van der Waals surface area contributed by atoms with Crippen LogP contribution < -0.4 is 5.73 Å². The van der Waals surface area contributed by atoms with Gasteiger partial charge in [0.25, 0.3) is 10.1 Å². The minimum atomic E-state index is -4.17. The van der Waals surface area contributed by atoms with Crippen LogP contribution in [-0.2, 0) is 10.1 Å². The van der Waals surface area contributed by atoms with Crippen molar-refractivity contribution in [2.24, 2.45) is 0 Å². The summed E-state index contributed by atoms with van der Waals surface area (Å²) in [6.45, 7) is 4.00. The van der Waals surface area contributed by atoms with Crippen molar-refractivity contribution in [3.8, 4) is 0 Å². The third-order valence-electron chi connectivity index (χ3n) is 2.19. The fraction of sp³-hybridized carbons (Fsp3) is 0.167. The lowest BCUT2D eigenvalue weighted by Crippen LogP contribution is -1.98. The molecule has 0 radical (unpaired) electrons. The molecule has 0 spiro atoms. The van der Waals surface area contributed by atoms with E-state index in [2.05, 4.69) is 0 Å². The molecule has 2 rings (SSSR count). The Balaban J connectivity index is 0.000000686. The maximum Gasteiger partial charge on any atom is 0.294 e. The van der Waals surface area contributed by atoms with Gasteiger partial charge in [0.05, 0.1) is 4.90 Å². The zero-order valence-corrected chi connectivity index (χ0v) is 10.5. The number of rotatable bonds is 1. The van der Waals surface area contributed by atoms with E-state index < -0.39 is 10.1 Å². The van der Waals surface area contributed by atoms with Crippen LogP contribution in [0.3, 0.4) is 0 Å². The van der Waals surface area contributed by atoms with Crippen LogP contribution in [0.1, 0.15) is 13.8 Å². The average molecular weight is 253 g/mol. The summed E-state index contributed by atoms with van der Waals surface area (Å²) in [6, 6.07) is 9.59. The lowest BCUT2D eigenvalue weighted by molar-refractivity contribution is 0.483. The van der Waals surface area contributed by atoms with Gasteiger partial charge in [-0.2, -0.15) is 8.42 Å². The summed E-state index contributed by atoms with van der Waals surface area (Å²) in [7, 11) is -4.17. The third kappa shape index (κ3) is 2.95. The summed E-state index contributed by atoms with van der Waals surface area (Å²) in [5.74, 6) is 0. The van der Waals surface area contributed by atoms with E-state index >= 15 is 0 Å². The van der Waals surface area contributed by atoms with Crippen molar-refractivity contribution in [3.05, 3.63) is 36.4 Å². The van der Waals surface area contributed by atoms with E-state index in [0.29, 0.717) is 11.1 Å². The van der Waals surface area contributed by atoms with E-state index in [-0.39, 0.29) is 4.90 Å². The zero-order valence-electron chi connectivity index (χ0n) is 9.71. The SMILES string of the molecule is CC.Nc1cccc2ccc(S(=O)(=O)O)cc12. The molecular formula is C12H15NO3S. The number of nitrogen functional groups attached to an aromatic ring is 1. The first-order chi connectivity index (χ1) is 7.98. The molecule has 0 aliphatic heterocycles. The van der Waals surface area contributed by atoms with Crippen molar-refractivity contribution in [2.75, 3.05) is 5.73 Å². The van der Waals surface area contributed by atoms with E-state index in [4.69, 9.17) is 10.3 Å². The second kappa shape index (κ2) is 5.16. The lowest BCUT2D eigenvalue weighted by atomic mass is 10.1. The first kappa shape index (κ1) is 13.5. The minimum absolute atomic E-state index is 0.145. The topological polar surface area (TPSA) is 80.4 Å². The Morgan fingerprint density at radius 1 is 1.12 bits per heavy atom. The Bertz CT molecular complexity index is 621. The monoisotopic (exact) mass is 253 g/mol. The molecule has 4 nitrogen and oxygen atoms in total. The summed E-state index contributed by atoms with van der Waals surface area (Å²) in [6.07, 6.45) is 0. The predicted molar refractivity (Wildman–Crippen MR) is 69.5 cm³/mol. The second-order valence-electron chi connectivity index (χ2n) is 3.21. The first-order valence-electron chi connectivity index (χ1n) is 5.24. The highest BCUT2D eigenvalue weighted by Crippen LogP contribution is 2.23. The van der Waals surface area contributed by atoms with Gasteiger partial charge in [0.1, 0.15) is 0 Å². The molecule has 0 bridgehead atoms. The molecule has 0 heterocycles. The molecule has 0 fully saturated rings. The number of anilines is 1. The number of fused-ring (bicyclic) bond motifs is 1. The largest absolute Gasteiger partial charge is 0.398 e. The Morgan fingerprint density at radius 3 is 2.35 bits per heavy atom. The number of benzene rings is 2. The fourth-order valence-electron chi connectivity index (χ4n) is 1.44. The lowest BCUT2D eigenvalue weighted by Gasteiger charge is -2.03. The van der Waals surface area contributed by atoms with Crippen molar-refractivity contribution in [2.45, 2.75) is 18.7 Å². The Hall–Kier alpha value is -1.59. The van der Waals surface area contributed by atoms with Gasteiger partial charge in [-0.05, 0) is 23.6 Å². The summed E-state index contributed by atoms with van der Waals surface area (Å²) in [4.78, 5) is -0.145. The highest BCUT2D eigenvalue weighted by atomic mass is 32.2. The second-order valence-corrected chi connectivity index (χ2v) is 4.63. The van der Waals surface area contributed by atoms with Crippen LogP contribution in [0.2, 0.25) is 0 Å². The van der Waals surface area contributed by atoms with Crippen LogP contribution in [0, 0.1) is 0 Å². The molecule has 0 aromatic heterocycles. The van der Waals surface area contributed by atoms with Crippen molar-refractivity contribution < 1.29 is 13.0 Å². The van der Waals surface area contributed by atoms with E-state index in [1.54, 1.807) is 18.2 Å². The molecule has 0 saturated carbocycles. The number of nitrogens with two attached hydrogens (primary N) is 1. The van der Waals surface area contributed by atoms with Gasteiger partial charge < -0.3 is 5.73 Å². The molecule has 0 aliphatic carbocycles. The van der Waals surface area contributed by atoms with Crippen molar-refractivity contribution in [3.63, 3.8) is 0 Å². The molecule has 3 N–H and O–H groups in total. The molecule has 2 aromatic rings. The molecule has 0 saturated heterocycles. The number of hydrogen-bond acceptors (Lipinski definition) is 3. The van der Waals surface area contributed by atoms with Crippen LogP contribution in [0.5, 0.6) is 0 Å². The highest BCUT2D eigenvalue weighted by molar-refractivity contribution is 7.85. The zero-order chi connectivity index (χ0) is 13.1. The highest BCUT2D eigenvalue weighted by Gasteiger charge is 2.10. The molecule has 2 aromatic carbocycles. The summed E-state index contributed by atoms with van der Waals surface area (Å²) in [5, 5.41) is 1.45. The molecular weight excluding hydrogens is 238 g/mol. The van der Waals surface area contributed by atoms with Gasteiger partial charge in [0.15, 0.2) is 0 Å². The summed E-state index contributed by atoms with van der Waals surface area (Å²) < 4.78 is 30.7. The van der Waals surface area contributed by atoms with Crippen LogP contribution >= 0.6 is 0 Å². The third-order valence-corrected chi connectivity index (χ3v) is 3.03. The molecule has 5 heteroatoms. The minimum Gasteiger partial charge on any atom is -0.398 e. The standard InChI is InChI=1S/C10H9NO3S.C2H6/c11-10-3-1-2-7-4-5-8(6-9(7)10)15(12,13)14;1-2/h1-6H,11H2,(H,12,13,14);1-2H3. The Kier molecular flexibility index (Phi) is 4.09. The van der Waals surface area contributed by atoms with E-state index in [9.17, 15) is 8.42 Å². The van der Waals surface area contributed by atoms with Gasteiger partial charge in [0.2, 0.25) is 0 Å². The first-order valence-corrected chi connectivity index (χ1v) is 6.68. The van der Waals surface area contributed by atoms with Crippen LogP contribution in [0.15, 0.2) is 41.3 Å². The van der Waals surface area contributed by atoms with Gasteiger partial charge in [-0.3, -0.25) is 4.55 Å². The predicted octanol–water partition coefficient (Wildman–Crippen LogP) is 2.69. The maximum atomic E-state index is 10.9. The molecule has 0 amide bonds. The van der Waals surface area contributed by atoms with Gasteiger partial charge in [-0.25, -0.2) is 0 Å². The van der Waals surface area contributed by atoms with Crippen LogP contribution in [-0.4, -0.2) is 13.0 Å². The molecule has 92 valence electrons. The normalized spacial score (nSPS) is 10.8.